The molecule has 0 atom stereocenters. The molecular weight excluding hydrogens is 422 g/mol. The maximum Gasteiger partial charge on any atom is 0.119 e. The number of methoxy groups -OCH3 is 1. The Hall–Kier alpha value is -4.12. The summed E-state index contributed by atoms with van der Waals surface area (Å²) in [6.07, 6.45) is 0. The molecule has 4 aromatic carbocycles. The zero-order chi connectivity index (χ0) is 23.6. The Morgan fingerprint density at radius 2 is 0.941 bits per heavy atom. The monoisotopic (exact) mass is 453 g/mol. The van der Waals surface area contributed by atoms with E-state index >= 15 is 0 Å². The average Bonchev–Trinajstić information content (AvgIpc) is 2.89. The molecule has 174 valence electrons. The minimum absolute atomic E-state index is 0.684. The Kier molecular flexibility index (Phi) is 7.90. The number of hydrogen-bond acceptors (Lipinski definition) is 5. The number of ether oxygens (including phenoxy) is 2. The van der Waals surface area contributed by atoms with Crippen LogP contribution < -0.4 is 25.4 Å². The second-order valence-corrected chi connectivity index (χ2v) is 7.91. The molecule has 0 saturated carbocycles. The quantitative estimate of drug-likeness (QED) is 0.227. The van der Waals surface area contributed by atoms with Gasteiger partial charge in [-0.25, -0.2) is 0 Å². The zero-order valence-corrected chi connectivity index (χ0v) is 19.7. The van der Waals surface area contributed by atoms with Gasteiger partial charge in [-0.05, 0) is 90.8 Å². The molecule has 0 saturated heterocycles. The molecule has 34 heavy (non-hydrogen) atoms. The molecular formula is C29H31N3O2. The first-order valence-corrected chi connectivity index (χ1v) is 11.5. The van der Waals surface area contributed by atoms with E-state index in [-0.39, 0.29) is 0 Å². The molecule has 0 unspecified atom stereocenters. The van der Waals surface area contributed by atoms with Crippen LogP contribution in [0.5, 0.6) is 11.5 Å². The van der Waals surface area contributed by atoms with Gasteiger partial charge < -0.3 is 25.4 Å². The first kappa shape index (κ1) is 23.1. The lowest BCUT2D eigenvalue weighted by molar-refractivity contribution is 0.340. The minimum atomic E-state index is 0.684. The topological polar surface area (TPSA) is 54.5 Å². The summed E-state index contributed by atoms with van der Waals surface area (Å²) in [6.45, 7) is 4.21. The number of hydrogen-bond donors (Lipinski definition) is 3. The molecule has 0 fully saturated rings. The van der Waals surface area contributed by atoms with Crippen LogP contribution >= 0.6 is 0 Å². The summed E-state index contributed by atoms with van der Waals surface area (Å²) in [5.41, 5.74) is 6.67. The van der Waals surface area contributed by atoms with Crippen LogP contribution in [0.3, 0.4) is 0 Å². The van der Waals surface area contributed by atoms with E-state index in [9.17, 15) is 0 Å². The molecule has 5 heteroatoms. The Balaban J connectivity index is 1.24. The van der Waals surface area contributed by atoms with Crippen molar-refractivity contribution in [2.45, 2.75) is 20.0 Å². The van der Waals surface area contributed by atoms with Crippen molar-refractivity contribution in [3.8, 4) is 11.5 Å². The van der Waals surface area contributed by atoms with E-state index in [1.807, 2.05) is 31.2 Å². The predicted molar refractivity (Wildman–Crippen MR) is 141 cm³/mol. The number of nitrogens with one attached hydrogen (secondary N) is 3. The third-order valence-corrected chi connectivity index (χ3v) is 5.45. The van der Waals surface area contributed by atoms with Crippen LogP contribution in [0.2, 0.25) is 0 Å². The maximum atomic E-state index is 5.49. The van der Waals surface area contributed by atoms with Crippen LogP contribution in [0.4, 0.5) is 22.7 Å². The zero-order valence-electron chi connectivity index (χ0n) is 19.7. The van der Waals surface area contributed by atoms with Gasteiger partial charge >= 0.3 is 0 Å². The van der Waals surface area contributed by atoms with Crippen molar-refractivity contribution in [1.29, 1.82) is 0 Å². The van der Waals surface area contributed by atoms with Gasteiger partial charge in [-0.3, -0.25) is 0 Å². The van der Waals surface area contributed by atoms with Crippen molar-refractivity contribution in [3.63, 3.8) is 0 Å². The molecule has 3 N–H and O–H groups in total. The smallest absolute Gasteiger partial charge is 0.119 e. The minimum Gasteiger partial charge on any atom is -0.497 e. The fourth-order valence-corrected chi connectivity index (χ4v) is 3.53. The number of benzene rings is 4. The Labute approximate surface area is 201 Å². The van der Waals surface area contributed by atoms with Gasteiger partial charge in [0.05, 0.1) is 13.7 Å². The largest absolute Gasteiger partial charge is 0.497 e. The van der Waals surface area contributed by atoms with E-state index in [0.717, 1.165) is 47.3 Å². The second kappa shape index (κ2) is 11.7. The molecule has 0 aliphatic rings. The lowest BCUT2D eigenvalue weighted by Crippen LogP contribution is -2.00. The first-order valence-electron chi connectivity index (χ1n) is 11.5. The molecule has 5 nitrogen and oxygen atoms in total. The Morgan fingerprint density at radius 3 is 1.35 bits per heavy atom. The van der Waals surface area contributed by atoms with Crippen LogP contribution in [0.15, 0.2) is 97.1 Å². The highest BCUT2D eigenvalue weighted by molar-refractivity contribution is 5.64. The molecule has 0 aromatic heterocycles. The Morgan fingerprint density at radius 1 is 0.529 bits per heavy atom. The van der Waals surface area contributed by atoms with Crippen molar-refractivity contribution >= 4 is 22.7 Å². The number of rotatable bonds is 11. The van der Waals surface area contributed by atoms with Gasteiger partial charge in [-0.1, -0.05) is 24.3 Å². The molecule has 0 aliphatic heterocycles. The molecule has 0 radical (unpaired) electrons. The highest BCUT2D eigenvalue weighted by atomic mass is 16.5. The van der Waals surface area contributed by atoms with E-state index in [0.29, 0.717) is 6.61 Å². The van der Waals surface area contributed by atoms with E-state index in [4.69, 9.17) is 9.47 Å². The summed E-state index contributed by atoms with van der Waals surface area (Å²) in [5.74, 6) is 1.78. The van der Waals surface area contributed by atoms with Crippen molar-refractivity contribution in [2.24, 2.45) is 0 Å². The van der Waals surface area contributed by atoms with Crippen molar-refractivity contribution in [2.75, 3.05) is 29.7 Å². The summed E-state index contributed by atoms with van der Waals surface area (Å²) in [4.78, 5) is 0. The molecule has 4 aromatic rings. The van der Waals surface area contributed by atoms with Crippen LogP contribution in [-0.2, 0) is 13.1 Å². The maximum absolute atomic E-state index is 5.49. The van der Waals surface area contributed by atoms with Crippen LogP contribution in [0, 0.1) is 0 Å². The van der Waals surface area contributed by atoms with Crippen LogP contribution in [-0.4, -0.2) is 13.7 Å². The SMILES string of the molecule is CCOc1ccc(CNc2ccc(Nc3ccc(NCc4ccc(OC)cc4)cc3)cc2)cc1. The van der Waals surface area contributed by atoms with Gasteiger partial charge in [-0.2, -0.15) is 0 Å². The van der Waals surface area contributed by atoms with Crippen LogP contribution in [0.25, 0.3) is 0 Å². The lowest BCUT2D eigenvalue weighted by Gasteiger charge is -2.11. The standard InChI is InChI=1S/C29H31N3O2/c1-3-34-29-18-6-23(7-19-29)21-31-25-10-14-27(15-11-25)32-26-12-8-24(9-13-26)30-20-22-4-16-28(33-2)17-5-22/h4-19,30-32H,3,20-21H2,1-2H3. The molecule has 0 spiro atoms. The third-order valence-electron chi connectivity index (χ3n) is 5.45. The summed E-state index contributed by atoms with van der Waals surface area (Å²) in [5, 5.41) is 10.4. The van der Waals surface area contributed by atoms with E-state index in [1.54, 1.807) is 7.11 Å². The van der Waals surface area contributed by atoms with E-state index in [2.05, 4.69) is 88.7 Å². The highest BCUT2D eigenvalue weighted by Crippen LogP contribution is 2.22. The third kappa shape index (κ3) is 6.69. The van der Waals surface area contributed by atoms with Gasteiger partial charge in [0.25, 0.3) is 0 Å². The fraction of sp³-hybridized carbons (Fsp3) is 0.172. The average molecular weight is 454 g/mol. The molecule has 0 aliphatic carbocycles. The predicted octanol–water partition coefficient (Wildman–Crippen LogP) is 7.06. The summed E-state index contributed by atoms with van der Waals surface area (Å²) in [6, 6.07) is 32.9. The molecule has 0 heterocycles. The fourth-order valence-electron chi connectivity index (χ4n) is 3.53. The normalized spacial score (nSPS) is 10.4. The van der Waals surface area contributed by atoms with Crippen molar-refractivity contribution in [1.82, 2.24) is 0 Å². The molecule has 4 rings (SSSR count). The number of anilines is 4. The Bertz CT molecular complexity index is 1140. The highest BCUT2D eigenvalue weighted by Gasteiger charge is 2.00. The van der Waals surface area contributed by atoms with Gasteiger partial charge in [0.2, 0.25) is 0 Å². The summed E-state index contributed by atoms with van der Waals surface area (Å²) < 4.78 is 10.7. The summed E-state index contributed by atoms with van der Waals surface area (Å²) >= 11 is 0. The molecule has 0 amide bonds. The van der Waals surface area contributed by atoms with Gasteiger partial charge in [0, 0.05) is 35.8 Å². The molecule has 0 bridgehead atoms. The van der Waals surface area contributed by atoms with Crippen molar-refractivity contribution < 1.29 is 9.47 Å². The van der Waals surface area contributed by atoms with Gasteiger partial charge in [-0.15, -0.1) is 0 Å². The second-order valence-electron chi connectivity index (χ2n) is 7.91. The van der Waals surface area contributed by atoms with E-state index < -0.39 is 0 Å². The first-order chi connectivity index (χ1) is 16.7. The van der Waals surface area contributed by atoms with Crippen LogP contribution in [0.1, 0.15) is 18.1 Å². The lowest BCUT2D eigenvalue weighted by atomic mass is 10.2. The van der Waals surface area contributed by atoms with Crippen molar-refractivity contribution in [3.05, 3.63) is 108 Å². The van der Waals surface area contributed by atoms with E-state index in [1.165, 1.54) is 11.1 Å². The van der Waals surface area contributed by atoms with Gasteiger partial charge in [0.1, 0.15) is 11.5 Å². The summed E-state index contributed by atoms with van der Waals surface area (Å²) in [7, 11) is 1.68. The van der Waals surface area contributed by atoms with Gasteiger partial charge in [0.15, 0.2) is 0 Å².